The van der Waals surface area contributed by atoms with E-state index in [1.54, 1.807) is 0 Å². The smallest absolute Gasteiger partial charge is 0.407 e. The highest BCUT2D eigenvalue weighted by Gasteiger charge is 2.46. The number of alkyl carbamates (subject to hydrolysis) is 1. The summed E-state index contributed by atoms with van der Waals surface area (Å²) in [7, 11) is 1.33. The molecule has 8 heteroatoms. The molecule has 2 aliphatic rings. The summed E-state index contributed by atoms with van der Waals surface area (Å²) >= 11 is 0. The molecule has 3 unspecified atom stereocenters. The van der Waals surface area contributed by atoms with Crippen LogP contribution < -0.4 is 10.6 Å². The molecule has 2 aromatic rings. The van der Waals surface area contributed by atoms with E-state index in [1.165, 1.54) is 7.11 Å². The molecular formula is C27H32N2O6. The molecular weight excluding hydrogens is 448 g/mol. The predicted octanol–water partition coefficient (Wildman–Crippen LogP) is 3.69. The Morgan fingerprint density at radius 2 is 1.71 bits per heavy atom. The van der Waals surface area contributed by atoms with Gasteiger partial charge in [0, 0.05) is 32.0 Å². The van der Waals surface area contributed by atoms with Crippen LogP contribution >= 0.6 is 0 Å². The molecule has 2 aromatic carbocycles. The number of hydrogen-bond donors (Lipinski definition) is 3. The molecule has 3 N–H and O–H groups in total. The van der Waals surface area contributed by atoms with E-state index >= 15 is 0 Å². The summed E-state index contributed by atoms with van der Waals surface area (Å²) < 4.78 is 10.6. The van der Waals surface area contributed by atoms with Crippen LogP contribution in [0, 0.1) is 5.41 Å². The maximum atomic E-state index is 12.9. The second-order valence-electron chi connectivity index (χ2n) is 9.44. The van der Waals surface area contributed by atoms with Gasteiger partial charge in [0.2, 0.25) is 5.91 Å². The summed E-state index contributed by atoms with van der Waals surface area (Å²) in [6.07, 6.45) is 0.750. The number of methoxy groups -OCH3 is 1. The molecule has 1 fully saturated rings. The Labute approximate surface area is 205 Å². The minimum Gasteiger partial charge on any atom is -0.479 e. The summed E-state index contributed by atoms with van der Waals surface area (Å²) in [5.41, 5.74) is 3.81. The number of aliphatic carboxylic acids is 1. The molecule has 35 heavy (non-hydrogen) atoms. The minimum absolute atomic E-state index is 0.0330. The quantitative estimate of drug-likeness (QED) is 0.504. The fraction of sp³-hybridized carbons (Fsp3) is 0.444. The highest BCUT2D eigenvalue weighted by atomic mass is 16.5. The number of fused-ring (bicyclic) bond motifs is 3. The topological polar surface area (TPSA) is 114 Å². The molecule has 0 bridgehead atoms. The van der Waals surface area contributed by atoms with Crippen molar-refractivity contribution in [3.8, 4) is 11.1 Å². The lowest BCUT2D eigenvalue weighted by Gasteiger charge is -2.31. The molecule has 0 radical (unpaired) electrons. The van der Waals surface area contributed by atoms with Crippen molar-refractivity contribution < 1.29 is 29.0 Å². The Morgan fingerprint density at radius 1 is 1.09 bits per heavy atom. The van der Waals surface area contributed by atoms with Crippen LogP contribution in [-0.4, -0.2) is 55.5 Å². The van der Waals surface area contributed by atoms with Crippen LogP contribution in [0.2, 0.25) is 0 Å². The third kappa shape index (κ3) is 5.03. The van der Waals surface area contributed by atoms with Gasteiger partial charge in [-0.3, -0.25) is 4.79 Å². The first-order valence-electron chi connectivity index (χ1n) is 12.0. The first-order valence-corrected chi connectivity index (χ1v) is 12.0. The number of amides is 2. The lowest BCUT2D eigenvalue weighted by Crippen LogP contribution is -2.51. The zero-order valence-electron chi connectivity index (χ0n) is 20.1. The molecule has 1 saturated carbocycles. The second-order valence-corrected chi connectivity index (χ2v) is 9.44. The third-order valence-corrected chi connectivity index (χ3v) is 7.36. The molecule has 0 heterocycles. The number of carboxylic acid groups (broad SMARTS) is 1. The van der Waals surface area contributed by atoms with Crippen molar-refractivity contribution in [2.24, 2.45) is 5.41 Å². The minimum atomic E-state index is -1.07. The standard InChI is InChI=1S/C27H32N2O6/c1-27(25(32)28-15-13-22(34-2)24(30)31)14-7-12-23(27)29-26(33)35-16-21-19-10-5-3-8-17(19)18-9-4-6-11-20(18)21/h3-6,8-11,21-23H,7,12-16H2,1-2H3,(H,28,32)(H,29,33)(H,30,31). The Bertz CT molecular complexity index is 1060. The zero-order chi connectivity index (χ0) is 25.0. The van der Waals surface area contributed by atoms with E-state index in [1.807, 2.05) is 31.2 Å². The van der Waals surface area contributed by atoms with Crippen molar-refractivity contribution in [2.45, 2.75) is 50.7 Å². The lowest BCUT2D eigenvalue weighted by atomic mass is 9.83. The highest BCUT2D eigenvalue weighted by molar-refractivity contribution is 5.84. The van der Waals surface area contributed by atoms with Crippen LogP contribution in [0.5, 0.6) is 0 Å². The van der Waals surface area contributed by atoms with Crippen LogP contribution in [0.3, 0.4) is 0 Å². The van der Waals surface area contributed by atoms with E-state index in [9.17, 15) is 14.4 Å². The van der Waals surface area contributed by atoms with Gasteiger partial charge in [0.05, 0.1) is 5.41 Å². The van der Waals surface area contributed by atoms with Gasteiger partial charge in [0.1, 0.15) is 6.61 Å². The Balaban J connectivity index is 1.34. The number of carbonyl (C=O) groups excluding carboxylic acids is 2. The molecule has 8 nitrogen and oxygen atoms in total. The van der Waals surface area contributed by atoms with E-state index in [0.29, 0.717) is 12.8 Å². The molecule has 0 aliphatic heterocycles. The molecule has 186 valence electrons. The van der Waals surface area contributed by atoms with Crippen molar-refractivity contribution in [3.63, 3.8) is 0 Å². The van der Waals surface area contributed by atoms with Crippen LogP contribution in [0.15, 0.2) is 48.5 Å². The summed E-state index contributed by atoms with van der Waals surface area (Å²) in [5, 5.41) is 14.8. The van der Waals surface area contributed by atoms with E-state index in [0.717, 1.165) is 28.7 Å². The van der Waals surface area contributed by atoms with Crippen LogP contribution in [0.1, 0.15) is 49.7 Å². The number of benzene rings is 2. The van der Waals surface area contributed by atoms with Gasteiger partial charge < -0.3 is 25.2 Å². The molecule has 0 saturated heterocycles. The average Bonchev–Trinajstić information content (AvgIpc) is 3.38. The van der Waals surface area contributed by atoms with Gasteiger partial charge >= 0.3 is 12.1 Å². The monoisotopic (exact) mass is 480 g/mol. The third-order valence-electron chi connectivity index (χ3n) is 7.36. The maximum absolute atomic E-state index is 12.9. The summed E-state index contributed by atoms with van der Waals surface area (Å²) in [5.74, 6) is -1.31. The van der Waals surface area contributed by atoms with E-state index in [-0.39, 0.29) is 37.4 Å². The largest absolute Gasteiger partial charge is 0.479 e. The first kappa shape index (κ1) is 24.7. The normalized spacial score (nSPS) is 21.6. The van der Waals surface area contributed by atoms with Crippen molar-refractivity contribution >= 4 is 18.0 Å². The lowest BCUT2D eigenvalue weighted by molar-refractivity contribution is -0.149. The van der Waals surface area contributed by atoms with Gasteiger partial charge in [-0.1, -0.05) is 55.0 Å². The van der Waals surface area contributed by atoms with Crippen molar-refractivity contribution in [1.82, 2.24) is 10.6 Å². The number of hydrogen-bond acceptors (Lipinski definition) is 5. The fourth-order valence-corrected chi connectivity index (χ4v) is 5.31. The summed E-state index contributed by atoms with van der Waals surface area (Å²) in [6.45, 7) is 2.22. The van der Waals surface area contributed by atoms with Crippen molar-refractivity contribution in [2.75, 3.05) is 20.3 Å². The zero-order valence-corrected chi connectivity index (χ0v) is 20.1. The molecule has 3 atom stereocenters. The number of rotatable bonds is 9. The number of ether oxygens (including phenoxy) is 2. The Morgan fingerprint density at radius 3 is 2.31 bits per heavy atom. The van der Waals surface area contributed by atoms with Gasteiger partial charge in [0.15, 0.2) is 6.10 Å². The Hall–Kier alpha value is -3.39. The van der Waals surface area contributed by atoms with Crippen molar-refractivity contribution in [3.05, 3.63) is 59.7 Å². The van der Waals surface area contributed by atoms with Gasteiger partial charge in [0.25, 0.3) is 0 Å². The molecule has 2 amide bonds. The number of carbonyl (C=O) groups is 3. The fourth-order valence-electron chi connectivity index (χ4n) is 5.31. The average molecular weight is 481 g/mol. The SMILES string of the molecule is COC(CCNC(=O)C1(C)CCCC1NC(=O)OCC1c2ccccc2-c2ccccc21)C(=O)O. The maximum Gasteiger partial charge on any atom is 0.407 e. The van der Waals surface area contributed by atoms with Crippen molar-refractivity contribution in [1.29, 1.82) is 0 Å². The predicted molar refractivity (Wildman–Crippen MR) is 130 cm³/mol. The van der Waals surface area contributed by atoms with Gasteiger partial charge in [-0.05, 0) is 42.0 Å². The Kier molecular flexibility index (Phi) is 7.40. The van der Waals surface area contributed by atoms with E-state index < -0.39 is 23.6 Å². The van der Waals surface area contributed by atoms with Crippen LogP contribution in [0.25, 0.3) is 11.1 Å². The molecule has 0 spiro atoms. The van der Waals surface area contributed by atoms with Gasteiger partial charge in [-0.25, -0.2) is 9.59 Å². The van der Waals surface area contributed by atoms with Gasteiger partial charge in [-0.15, -0.1) is 0 Å². The molecule has 0 aromatic heterocycles. The summed E-state index contributed by atoms with van der Waals surface area (Å²) in [6, 6.07) is 15.9. The molecule has 2 aliphatic carbocycles. The second kappa shape index (κ2) is 10.5. The number of carboxylic acids is 1. The first-order chi connectivity index (χ1) is 16.8. The highest BCUT2D eigenvalue weighted by Crippen LogP contribution is 2.44. The van der Waals surface area contributed by atoms with E-state index in [2.05, 4.69) is 34.9 Å². The van der Waals surface area contributed by atoms with Crippen LogP contribution in [-0.2, 0) is 19.1 Å². The van der Waals surface area contributed by atoms with Crippen LogP contribution in [0.4, 0.5) is 4.79 Å². The van der Waals surface area contributed by atoms with E-state index in [4.69, 9.17) is 14.6 Å². The summed E-state index contributed by atoms with van der Waals surface area (Å²) in [4.78, 5) is 36.8. The van der Waals surface area contributed by atoms with Gasteiger partial charge in [-0.2, -0.15) is 0 Å². The molecule has 4 rings (SSSR count). The number of nitrogens with one attached hydrogen (secondary N) is 2.